The summed E-state index contributed by atoms with van der Waals surface area (Å²) in [5.74, 6) is -4.26. The van der Waals surface area contributed by atoms with Crippen LogP contribution in [0.25, 0.3) is 0 Å². The molecule has 0 spiro atoms. The normalized spacial score (nSPS) is 10.1. The van der Waals surface area contributed by atoms with Crippen LogP contribution in [0.4, 0.5) is 14.5 Å². The lowest BCUT2D eigenvalue weighted by molar-refractivity contribution is -0.136. The summed E-state index contributed by atoms with van der Waals surface area (Å²) in [6, 6.07) is 6.94. The highest BCUT2D eigenvalue weighted by atomic mass is 32.1. The summed E-state index contributed by atoms with van der Waals surface area (Å²) >= 11 is 1.43. The minimum atomic E-state index is -1.20. The Kier molecular flexibility index (Phi) is 4.41. The first kappa shape index (κ1) is 14.1. The second-order valence-electron chi connectivity index (χ2n) is 3.82. The van der Waals surface area contributed by atoms with Crippen LogP contribution < -0.4 is 10.6 Å². The molecule has 0 atom stereocenters. The van der Waals surface area contributed by atoms with Gasteiger partial charge in [-0.25, -0.2) is 8.78 Å². The molecule has 20 heavy (non-hydrogen) atoms. The Bertz CT molecular complexity index is 629. The van der Waals surface area contributed by atoms with Gasteiger partial charge in [-0.05, 0) is 23.6 Å². The summed E-state index contributed by atoms with van der Waals surface area (Å²) in [4.78, 5) is 23.9. The van der Waals surface area contributed by atoms with Crippen LogP contribution in [-0.4, -0.2) is 11.8 Å². The van der Waals surface area contributed by atoms with E-state index in [4.69, 9.17) is 0 Å². The van der Waals surface area contributed by atoms with Gasteiger partial charge in [0.1, 0.15) is 0 Å². The predicted octanol–water partition coefficient (Wildman–Crippen LogP) is 2.28. The number of anilines is 1. The van der Waals surface area contributed by atoms with E-state index in [1.165, 1.54) is 23.5 Å². The molecule has 0 fully saturated rings. The van der Waals surface area contributed by atoms with Crippen molar-refractivity contribution in [3.8, 4) is 0 Å². The first-order valence-electron chi connectivity index (χ1n) is 5.63. The van der Waals surface area contributed by atoms with Gasteiger partial charge < -0.3 is 10.6 Å². The van der Waals surface area contributed by atoms with Crippen molar-refractivity contribution in [3.63, 3.8) is 0 Å². The minimum absolute atomic E-state index is 0.204. The molecule has 1 aromatic heterocycles. The van der Waals surface area contributed by atoms with Crippen LogP contribution in [0.1, 0.15) is 4.88 Å². The zero-order valence-electron chi connectivity index (χ0n) is 10.2. The quantitative estimate of drug-likeness (QED) is 0.854. The molecule has 1 aromatic carbocycles. The highest BCUT2D eigenvalue weighted by Crippen LogP contribution is 2.16. The van der Waals surface area contributed by atoms with Crippen molar-refractivity contribution in [1.82, 2.24) is 5.32 Å². The predicted molar refractivity (Wildman–Crippen MR) is 71.2 cm³/mol. The van der Waals surface area contributed by atoms with E-state index in [0.29, 0.717) is 0 Å². The highest BCUT2D eigenvalue weighted by molar-refractivity contribution is 7.09. The van der Waals surface area contributed by atoms with Crippen LogP contribution in [0.15, 0.2) is 35.7 Å². The average molecular weight is 296 g/mol. The molecule has 2 N–H and O–H groups in total. The van der Waals surface area contributed by atoms with Crippen molar-refractivity contribution in [2.75, 3.05) is 5.32 Å². The molecule has 2 rings (SSSR count). The smallest absolute Gasteiger partial charge is 0.313 e. The van der Waals surface area contributed by atoms with Crippen molar-refractivity contribution >= 4 is 28.8 Å². The molecule has 7 heteroatoms. The molecule has 0 aliphatic heterocycles. The molecule has 2 amide bonds. The second-order valence-corrected chi connectivity index (χ2v) is 4.85. The van der Waals surface area contributed by atoms with Crippen LogP contribution in [0.3, 0.4) is 0 Å². The maximum atomic E-state index is 13.3. The Morgan fingerprint density at radius 2 is 1.90 bits per heavy atom. The Balaban J connectivity index is 1.94. The van der Waals surface area contributed by atoms with Gasteiger partial charge in [0, 0.05) is 4.88 Å². The van der Waals surface area contributed by atoms with Gasteiger partial charge in [-0.2, -0.15) is 0 Å². The topological polar surface area (TPSA) is 58.2 Å². The lowest BCUT2D eigenvalue weighted by Gasteiger charge is -2.07. The average Bonchev–Trinajstić information content (AvgIpc) is 2.94. The van der Waals surface area contributed by atoms with Gasteiger partial charge in [0.05, 0.1) is 12.2 Å². The first-order valence-corrected chi connectivity index (χ1v) is 6.51. The fraction of sp³-hybridized carbons (Fsp3) is 0.0769. The lowest BCUT2D eigenvalue weighted by Crippen LogP contribution is -2.35. The zero-order chi connectivity index (χ0) is 14.5. The van der Waals surface area contributed by atoms with E-state index in [1.54, 1.807) is 6.07 Å². The van der Waals surface area contributed by atoms with Crippen LogP contribution >= 0.6 is 11.3 Å². The number of benzene rings is 1. The van der Waals surface area contributed by atoms with Gasteiger partial charge in [-0.1, -0.05) is 12.1 Å². The summed E-state index contributed by atoms with van der Waals surface area (Å²) in [5.41, 5.74) is -0.374. The zero-order valence-corrected chi connectivity index (χ0v) is 11.0. The number of carbonyl (C=O) groups is 2. The van der Waals surface area contributed by atoms with Gasteiger partial charge in [-0.3, -0.25) is 9.59 Å². The molecule has 1 heterocycles. The summed E-state index contributed by atoms with van der Waals surface area (Å²) in [6.45, 7) is 0.204. The number of hydrogen-bond acceptors (Lipinski definition) is 3. The van der Waals surface area contributed by atoms with Crippen LogP contribution in [0.2, 0.25) is 0 Å². The molecule has 0 aliphatic carbocycles. The molecule has 104 valence electrons. The third-order valence-corrected chi connectivity index (χ3v) is 3.29. The van der Waals surface area contributed by atoms with E-state index in [1.807, 2.05) is 16.8 Å². The molecule has 2 aromatic rings. The van der Waals surface area contributed by atoms with Crippen molar-refractivity contribution in [1.29, 1.82) is 0 Å². The second kappa shape index (κ2) is 6.25. The highest BCUT2D eigenvalue weighted by Gasteiger charge is 2.16. The van der Waals surface area contributed by atoms with Gasteiger partial charge in [-0.15, -0.1) is 11.3 Å². The number of hydrogen-bond donors (Lipinski definition) is 2. The maximum Gasteiger partial charge on any atom is 0.313 e. The number of amides is 2. The SMILES string of the molecule is O=C(NCc1cccs1)C(=O)Nc1cccc(F)c1F. The molecule has 0 bridgehead atoms. The van der Waals surface area contributed by atoms with Gasteiger partial charge in [0.25, 0.3) is 0 Å². The summed E-state index contributed by atoms with van der Waals surface area (Å²) in [5, 5.41) is 6.24. The third kappa shape index (κ3) is 3.39. The molecule has 0 saturated carbocycles. The molecular formula is C13H10F2N2O2S. The van der Waals surface area contributed by atoms with Gasteiger partial charge >= 0.3 is 11.8 Å². The number of thiophene rings is 1. The number of nitrogens with one attached hydrogen (secondary N) is 2. The van der Waals surface area contributed by atoms with E-state index < -0.39 is 23.4 Å². The van der Waals surface area contributed by atoms with Crippen LogP contribution in [-0.2, 0) is 16.1 Å². The largest absolute Gasteiger partial charge is 0.343 e. The fourth-order valence-electron chi connectivity index (χ4n) is 1.44. The summed E-state index contributed by atoms with van der Waals surface area (Å²) in [7, 11) is 0. The van der Waals surface area contributed by atoms with E-state index in [2.05, 4.69) is 5.32 Å². The van der Waals surface area contributed by atoms with Crippen LogP contribution in [0.5, 0.6) is 0 Å². The van der Waals surface area contributed by atoms with E-state index in [-0.39, 0.29) is 12.2 Å². The van der Waals surface area contributed by atoms with Crippen molar-refractivity contribution < 1.29 is 18.4 Å². The maximum absolute atomic E-state index is 13.3. The van der Waals surface area contributed by atoms with Crippen molar-refractivity contribution in [2.24, 2.45) is 0 Å². The minimum Gasteiger partial charge on any atom is -0.343 e. The number of rotatable bonds is 3. The molecule has 0 unspecified atom stereocenters. The van der Waals surface area contributed by atoms with E-state index >= 15 is 0 Å². The molecule has 4 nitrogen and oxygen atoms in total. The standard InChI is InChI=1S/C13H10F2N2O2S/c14-9-4-1-5-10(11(9)15)17-13(19)12(18)16-7-8-3-2-6-20-8/h1-6H,7H2,(H,16,18)(H,17,19). The van der Waals surface area contributed by atoms with Crippen molar-refractivity contribution in [2.45, 2.75) is 6.54 Å². The molecule has 0 saturated heterocycles. The molecule has 0 radical (unpaired) electrons. The lowest BCUT2D eigenvalue weighted by atomic mass is 10.3. The monoisotopic (exact) mass is 296 g/mol. The first-order chi connectivity index (χ1) is 9.58. The molecular weight excluding hydrogens is 286 g/mol. The summed E-state index contributed by atoms with van der Waals surface area (Å²) in [6.07, 6.45) is 0. The Morgan fingerprint density at radius 1 is 1.10 bits per heavy atom. The van der Waals surface area contributed by atoms with E-state index in [9.17, 15) is 18.4 Å². The number of carbonyl (C=O) groups excluding carboxylic acids is 2. The summed E-state index contributed by atoms with van der Waals surface area (Å²) < 4.78 is 26.3. The van der Waals surface area contributed by atoms with Gasteiger partial charge in [0.2, 0.25) is 0 Å². The fourth-order valence-corrected chi connectivity index (χ4v) is 2.08. The Labute approximate surface area is 117 Å². The molecule has 0 aliphatic rings. The Hall–Kier alpha value is -2.28. The van der Waals surface area contributed by atoms with Crippen molar-refractivity contribution in [3.05, 3.63) is 52.2 Å². The Morgan fingerprint density at radius 3 is 2.60 bits per heavy atom. The van der Waals surface area contributed by atoms with Crippen LogP contribution in [0, 0.1) is 11.6 Å². The number of halogens is 2. The van der Waals surface area contributed by atoms with Gasteiger partial charge in [0.15, 0.2) is 11.6 Å². The van der Waals surface area contributed by atoms with E-state index in [0.717, 1.165) is 10.9 Å². The third-order valence-electron chi connectivity index (χ3n) is 2.41.